The fraction of sp³-hybridized carbons (Fsp3) is 0.308. The van der Waals surface area contributed by atoms with E-state index < -0.39 is 0 Å². The highest BCUT2D eigenvalue weighted by Gasteiger charge is 2.14. The van der Waals surface area contributed by atoms with Gasteiger partial charge in [-0.3, -0.25) is 5.10 Å². The maximum atomic E-state index is 5.69. The molecule has 0 spiro atoms. The molecule has 4 nitrogen and oxygen atoms in total. The van der Waals surface area contributed by atoms with Crippen molar-refractivity contribution in [2.24, 2.45) is 5.73 Å². The molecule has 0 unspecified atom stereocenters. The second kappa shape index (κ2) is 4.59. The normalized spacial score (nSPS) is 10.6. The SMILES string of the molecule is COc1c(C)cc(C)cc1-c1cn[nH]c1CN. The molecule has 1 aromatic carbocycles. The second-order valence-electron chi connectivity index (χ2n) is 4.13. The van der Waals surface area contributed by atoms with Gasteiger partial charge in [0.15, 0.2) is 0 Å². The van der Waals surface area contributed by atoms with Crippen molar-refractivity contribution in [1.29, 1.82) is 0 Å². The van der Waals surface area contributed by atoms with Gasteiger partial charge in [-0.2, -0.15) is 5.10 Å². The van der Waals surface area contributed by atoms with Crippen LogP contribution in [0.25, 0.3) is 11.1 Å². The predicted octanol–water partition coefficient (Wildman–Crippen LogP) is 2.16. The van der Waals surface area contributed by atoms with E-state index in [1.165, 1.54) is 5.56 Å². The molecule has 0 saturated carbocycles. The molecule has 0 amide bonds. The van der Waals surface area contributed by atoms with Gasteiger partial charge in [-0.25, -0.2) is 0 Å². The molecule has 2 aromatic rings. The molecule has 0 atom stereocenters. The first kappa shape index (κ1) is 11.7. The number of methoxy groups -OCH3 is 1. The first-order valence-electron chi connectivity index (χ1n) is 5.55. The van der Waals surface area contributed by atoms with Crippen molar-refractivity contribution < 1.29 is 4.74 Å². The number of benzene rings is 1. The molecule has 0 bridgehead atoms. The molecule has 1 heterocycles. The van der Waals surface area contributed by atoms with E-state index in [-0.39, 0.29) is 0 Å². The van der Waals surface area contributed by atoms with Gasteiger partial charge < -0.3 is 10.5 Å². The fourth-order valence-corrected chi connectivity index (χ4v) is 2.13. The maximum absolute atomic E-state index is 5.69. The van der Waals surface area contributed by atoms with Gasteiger partial charge in [-0.1, -0.05) is 6.07 Å². The molecular weight excluding hydrogens is 214 g/mol. The summed E-state index contributed by atoms with van der Waals surface area (Å²) in [5.41, 5.74) is 11.0. The molecule has 0 aliphatic heterocycles. The van der Waals surface area contributed by atoms with Crippen LogP contribution in [0.4, 0.5) is 0 Å². The average molecular weight is 231 g/mol. The Morgan fingerprint density at radius 1 is 1.29 bits per heavy atom. The second-order valence-corrected chi connectivity index (χ2v) is 4.13. The summed E-state index contributed by atoms with van der Waals surface area (Å²) in [6, 6.07) is 4.19. The van der Waals surface area contributed by atoms with Gasteiger partial charge in [0.2, 0.25) is 0 Å². The van der Waals surface area contributed by atoms with Gasteiger partial charge in [-0.15, -0.1) is 0 Å². The molecule has 0 fully saturated rings. The lowest BCUT2D eigenvalue weighted by molar-refractivity contribution is 0.413. The zero-order chi connectivity index (χ0) is 12.4. The molecule has 3 N–H and O–H groups in total. The van der Waals surface area contributed by atoms with Crippen LogP contribution in [0.5, 0.6) is 5.75 Å². The highest BCUT2D eigenvalue weighted by atomic mass is 16.5. The van der Waals surface area contributed by atoms with Crippen molar-refractivity contribution in [3.63, 3.8) is 0 Å². The van der Waals surface area contributed by atoms with Crippen molar-refractivity contribution in [2.75, 3.05) is 7.11 Å². The molecule has 0 saturated heterocycles. The molecule has 4 heteroatoms. The van der Waals surface area contributed by atoms with Gasteiger partial charge in [-0.05, 0) is 31.0 Å². The molecule has 0 aliphatic rings. The van der Waals surface area contributed by atoms with Crippen molar-refractivity contribution in [1.82, 2.24) is 10.2 Å². The molecule has 90 valence electrons. The zero-order valence-electron chi connectivity index (χ0n) is 10.4. The van der Waals surface area contributed by atoms with Crippen LogP contribution in [0.1, 0.15) is 16.8 Å². The number of aromatic nitrogens is 2. The van der Waals surface area contributed by atoms with Gasteiger partial charge in [0.1, 0.15) is 5.75 Å². The summed E-state index contributed by atoms with van der Waals surface area (Å²) in [6.45, 7) is 4.54. The Bertz CT molecular complexity index is 531. The van der Waals surface area contributed by atoms with Gasteiger partial charge >= 0.3 is 0 Å². The van der Waals surface area contributed by atoms with E-state index in [4.69, 9.17) is 10.5 Å². The quantitative estimate of drug-likeness (QED) is 0.850. The third-order valence-corrected chi connectivity index (χ3v) is 2.84. The number of nitrogens with two attached hydrogens (primary N) is 1. The van der Waals surface area contributed by atoms with E-state index in [1.54, 1.807) is 13.3 Å². The Kier molecular flexibility index (Phi) is 3.15. The largest absolute Gasteiger partial charge is 0.496 e. The third-order valence-electron chi connectivity index (χ3n) is 2.84. The first-order valence-corrected chi connectivity index (χ1v) is 5.55. The predicted molar refractivity (Wildman–Crippen MR) is 67.9 cm³/mol. The van der Waals surface area contributed by atoms with Gasteiger partial charge in [0.05, 0.1) is 19.0 Å². The highest BCUT2D eigenvalue weighted by Crippen LogP contribution is 2.35. The number of H-pyrrole nitrogens is 1. The summed E-state index contributed by atoms with van der Waals surface area (Å²) >= 11 is 0. The number of nitrogens with one attached hydrogen (secondary N) is 1. The summed E-state index contributed by atoms with van der Waals surface area (Å²) in [7, 11) is 1.68. The van der Waals surface area contributed by atoms with Crippen molar-refractivity contribution in [3.05, 3.63) is 35.2 Å². The van der Waals surface area contributed by atoms with E-state index in [1.807, 2.05) is 6.92 Å². The van der Waals surface area contributed by atoms with E-state index >= 15 is 0 Å². The number of hydrogen-bond donors (Lipinski definition) is 2. The highest BCUT2D eigenvalue weighted by molar-refractivity contribution is 5.74. The van der Waals surface area contributed by atoms with Crippen molar-refractivity contribution >= 4 is 0 Å². The summed E-state index contributed by atoms with van der Waals surface area (Å²) in [6.07, 6.45) is 1.79. The maximum Gasteiger partial charge on any atom is 0.129 e. The minimum atomic E-state index is 0.436. The fourth-order valence-electron chi connectivity index (χ4n) is 2.13. The summed E-state index contributed by atoms with van der Waals surface area (Å²) in [4.78, 5) is 0. The summed E-state index contributed by atoms with van der Waals surface area (Å²) in [5, 5.41) is 6.96. The first-order chi connectivity index (χ1) is 8.17. The number of nitrogens with zero attached hydrogens (tertiary/aromatic N) is 1. The summed E-state index contributed by atoms with van der Waals surface area (Å²) in [5.74, 6) is 0.881. The van der Waals surface area contributed by atoms with Crippen LogP contribution in [-0.2, 0) is 6.54 Å². The molecule has 2 rings (SSSR count). The van der Waals surface area contributed by atoms with Gasteiger partial charge in [0, 0.05) is 17.7 Å². The monoisotopic (exact) mass is 231 g/mol. The minimum absolute atomic E-state index is 0.436. The number of aryl methyl sites for hydroxylation is 2. The lowest BCUT2D eigenvalue weighted by atomic mass is 9.99. The number of rotatable bonds is 3. The minimum Gasteiger partial charge on any atom is -0.496 e. The van der Waals surface area contributed by atoms with Crippen LogP contribution >= 0.6 is 0 Å². The Hall–Kier alpha value is -1.81. The average Bonchev–Trinajstić information content (AvgIpc) is 2.75. The van der Waals surface area contributed by atoms with Crippen molar-refractivity contribution in [3.8, 4) is 16.9 Å². The Labute approximate surface area is 101 Å². The number of ether oxygens (including phenoxy) is 1. The van der Waals surface area contributed by atoms with Crippen molar-refractivity contribution in [2.45, 2.75) is 20.4 Å². The Balaban J connectivity index is 2.66. The van der Waals surface area contributed by atoms with E-state index in [0.717, 1.165) is 28.1 Å². The lowest BCUT2D eigenvalue weighted by Gasteiger charge is -2.12. The smallest absolute Gasteiger partial charge is 0.129 e. The third kappa shape index (κ3) is 2.03. The van der Waals surface area contributed by atoms with E-state index in [9.17, 15) is 0 Å². The van der Waals surface area contributed by atoms with Crippen LogP contribution in [0, 0.1) is 13.8 Å². The van der Waals surface area contributed by atoms with Crippen LogP contribution in [-0.4, -0.2) is 17.3 Å². The molecule has 0 radical (unpaired) electrons. The number of hydrogen-bond acceptors (Lipinski definition) is 3. The standard InChI is InChI=1S/C13H17N3O/c1-8-4-9(2)13(17-3)10(5-8)11-7-15-16-12(11)6-14/h4-5,7H,6,14H2,1-3H3,(H,15,16). The Morgan fingerprint density at radius 2 is 2.06 bits per heavy atom. The molecule has 0 aliphatic carbocycles. The summed E-state index contributed by atoms with van der Waals surface area (Å²) < 4.78 is 5.47. The molecular formula is C13H17N3O. The van der Waals surface area contributed by atoms with Crippen LogP contribution < -0.4 is 10.5 Å². The van der Waals surface area contributed by atoms with E-state index in [2.05, 4.69) is 29.3 Å². The van der Waals surface area contributed by atoms with E-state index in [0.29, 0.717) is 6.54 Å². The number of aromatic amines is 1. The van der Waals surface area contributed by atoms with Crippen LogP contribution in [0.3, 0.4) is 0 Å². The topological polar surface area (TPSA) is 63.9 Å². The van der Waals surface area contributed by atoms with Gasteiger partial charge in [0.25, 0.3) is 0 Å². The van der Waals surface area contributed by atoms with Crippen LogP contribution in [0.2, 0.25) is 0 Å². The zero-order valence-corrected chi connectivity index (χ0v) is 10.4. The molecule has 17 heavy (non-hydrogen) atoms. The van der Waals surface area contributed by atoms with Crippen LogP contribution in [0.15, 0.2) is 18.3 Å². The lowest BCUT2D eigenvalue weighted by Crippen LogP contribution is -2.00. The molecule has 1 aromatic heterocycles. The Morgan fingerprint density at radius 3 is 2.71 bits per heavy atom.